The Hall–Kier alpha value is -5.13. The molecule has 10 nitrogen and oxygen atoms in total. The van der Waals surface area contributed by atoms with Crippen molar-refractivity contribution in [1.82, 2.24) is 9.47 Å². The molecule has 1 fully saturated rings. The average molecular weight is 952 g/mol. The van der Waals surface area contributed by atoms with E-state index in [0.717, 1.165) is 69.6 Å². The Morgan fingerprint density at radius 3 is 2.06 bits per heavy atom. The lowest BCUT2D eigenvalue weighted by Crippen LogP contribution is -2.46. The fraction of sp³-hybridized carbons (Fsp3) is 0.277. The van der Waals surface area contributed by atoms with Crippen molar-refractivity contribution in [3.05, 3.63) is 138 Å². The number of alkyl halides is 3. The second kappa shape index (κ2) is 19.5. The summed E-state index contributed by atoms with van der Waals surface area (Å²) < 4.78 is 100. The van der Waals surface area contributed by atoms with Gasteiger partial charge in [0.1, 0.15) is 4.90 Å². The molecule has 2 N–H and O–H groups in total. The molecule has 0 aliphatic carbocycles. The summed E-state index contributed by atoms with van der Waals surface area (Å²) >= 11 is 7.66. The first-order valence-electron chi connectivity index (χ1n) is 20.6. The summed E-state index contributed by atoms with van der Waals surface area (Å²) in [5.74, 6) is 0.409. The highest BCUT2D eigenvalue weighted by Gasteiger charge is 2.48. The molecule has 0 saturated carbocycles. The number of hydrogen-bond acceptors (Lipinski definition) is 9. The van der Waals surface area contributed by atoms with E-state index in [4.69, 9.17) is 11.6 Å². The highest BCUT2D eigenvalue weighted by molar-refractivity contribution is 7.99. The van der Waals surface area contributed by atoms with Gasteiger partial charge in [0.05, 0.1) is 16.3 Å². The molecule has 1 aliphatic heterocycles. The van der Waals surface area contributed by atoms with E-state index in [1.165, 1.54) is 11.8 Å². The zero-order valence-corrected chi connectivity index (χ0v) is 39.0. The number of benzene rings is 5. The van der Waals surface area contributed by atoms with Gasteiger partial charge in [-0.3, -0.25) is 4.72 Å². The van der Waals surface area contributed by atoms with Crippen molar-refractivity contribution in [1.29, 1.82) is 0 Å². The molecule has 17 heteroatoms. The van der Waals surface area contributed by atoms with Crippen molar-refractivity contribution < 1.29 is 30.0 Å². The second-order valence-corrected chi connectivity index (χ2v) is 21.1. The van der Waals surface area contributed by atoms with E-state index >= 15 is 0 Å². The van der Waals surface area contributed by atoms with E-state index in [1.807, 2.05) is 73.6 Å². The third-order valence-corrected chi connectivity index (χ3v) is 15.5. The summed E-state index contributed by atoms with van der Waals surface area (Å²) in [5.41, 5.74) is 1.70. The Morgan fingerprint density at radius 1 is 0.766 bits per heavy atom. The first-order valence-corrected chi connectivity index (χ1v) is 24.9. The van der Waals surface area contributed by atoms with Crippen LogP contribution in [-0.4, -0.2) is 90.4 Å². The Bertz CT molecular complexity index is 2780. The van der Waals surface area contributed by atoms with E-state index in [1.54, 1.807) is 24.3 Å². The maximum absolute atomic E-state index is 14.1. The number of halogens is 4. The number of anilines is 4. The topological polar surface area (TPSA) is 107 Å². The fourth-order valence-corrected chi connectivity index (χ4v) is 10.9. The van der Waals surface area contributed by atoms with Gasteiger partial charge >= 0.3 is 5.51 Å². The summed E-state index contributed by atoms with van der Waals surface area (Å²) in [6, 6.07) is 37.0. The van der Waals surface area contributed by atoms with Gasteiger partial charge in [-0.05, 0) is 130 Å². The zero-order valence-electron chi connectivity index (χ0n) is 35.8. The van der Waals surface area contributed by atoms with Crippen LogP contribution in [0.2, 0.25) is 5.02 Å². The van der Waals surface area contributed by atoms with Crippen molar-refractivity contribution in [3.8, 4) is 22.4 Å². The van der Waals surface area contributed by atoms with Gasteiger partial charge in [0.15, 0.2) is 0 Å². The molecule has 2 heterocycles. The first-order chi connectivity index (χ1) is 30.4. The zero-order chi connectivity index (χ0) is 45.8. The van der Waals surface area contributed by atoms with Crippen LogP contribution >= 0.6 is 23.4 Å². The molecule has 7 rings (SSSR count). The van der Waals surface area contributed by atoms with Crippen LogP contribution in [0.15, 0.2) is 142 Å². The molecule has 1 aromatic heterocycles. The molecule has 1 unspecified atom stereocenters. The molecule has 64 heavy (non-hydrogen) atoms. The average Bonchev–Trinajstić information content (AvgIpc) is 3.57. The third-order valence-electron chi connectivity index (χ3n) is 11.2. The largest absolute Gasteiger partial charge is 0.501 e. The van der Waals surface area contributed by atoms with E-state index in [0.29, 0.717) is 42.9 Å². The monoisotopic (exact) mass is 950 g/mol. The van der Waals surface area contributed by atoms with E-state index < -0.39 is 41.2 Å². The van der Waals surface area contributed by atoms with Crippen LogP contribution in [0.4, 0.5) is 35.9 Å². The standard InChI is InChI=1S/C47H50ClF3N6O4S3/c1-33-29-43(46(55(33)4)34-13-15-36(48)16-14-34)35-9-8-10-40(30-35)57-27-25-56(26-28-57)39-19-17-37(18-20-39)53-64(60,61)42-21-22-44(45(31-42)63(58,59)47(49,50)51)52-38(23-24-54(2)3)32-62-41-11-6-5-7-12-41/h5-22,29-31,38,52-53H,23-28,32H2,1-4H3. The van der Waals surface area contributed by atoms with Gasteiger partial charge in [-0.25, -0.2) is 16.8 Å². The minimum Gasteiger partial charge on any atom is -0.380 e. The van der Waals surface area contributed by atoms with Gasteiger partial charge in [-0.1, -0.05) is 54.1 Å². The third kappa shape index (κ3) is 10.9. The molecule has 5 aromatic carbocycles. The number of sulfone groups is 1. The summed E-state index contributed by atoms with van der Waals surface area (Å²) in [5, 5.41) is 3.68. The van der Waals surface area contributed by atoms with E-state index in [9.17, 15) is 30.0 Å². The summed E-state index contributed by atoms with van der Waals surface area (Å²) in [6.45, 7) is 5.54. The quantitative estimate of drug-likeness (QED) is 0.0918. The number of rotatable bonds is 16. The lowest BCUT2D eigenvalue weighted by atomic mass is 10.0. The molecule has 1 atom stereocenters. The van der Waals surface area contributed by atoms with Crippen molar-refractivity contribution in [2.45, 2.75) is 39.6 Å². The predicted molar refractivity (Wildman–Crippen MR) is 255 cm³/mol. The van der Waals surface area contributed by atoms with Gasteiger partial charge < -0.3 is 24.6 Å². The number of nitrogens with zero attached hydrogens (tertiary/aromatic N) is 4. The first kappa shape index (κ1) is 46.9. The number of aromatic nitrogens is 1. The normalized spacial score (nSPS) is 14.2. The van der Waals surface area contributed by atoms with Crippen LogP contribution < -0.4 is 19.8 Å². The van der Waals surface area contributed by atoms with Gasteiger partial charge in [0.2, 0.25) is 0 Å². The number of hydrogen-bond donors (Lipinski definition) is 2. The number of sulfonamides is 1. The van der Waals surface area contributed by atoms with Crippen LogP contribution in [0, 0.1) is 6.92 Å². The highest BCUT2D eigenvalue weighted by Crippen LogP contribution is 2.39. The van der Waals surface area contributed by atoms with Crippen molar-refractivity contribution in [3.63, 3.8) is 0 Å². The van der Waals surface area contributed by atoms with Crippen LogP contribution in [-0.2, 0) is 26.9 Å². The molecule has 0 bridgehead atoms. The molecular formula is C47H50ClF3N6O4S3. The predicted octanol–water partition coefficient (Wildman–Crippen LogP) is 10.3. The fourth-order valence-electron chi connectivity index (χ4n) is 7.64. The van der Waals surface area contributed by atoms with Crippen LogP contribution in [0.3, 0.4) is 0 Å². The SMILES string of the molecule is Cc1cc(-c2cccc(N3CCN(c4ccc(NS(=O)(=O)c5ccc(NC(CCN(C)C)CSc6ccccc6)c(S(=O)(=O)C(F)(F)F)c5)cc4)CC3)c2)c(-c2ccc(Cl)cc2)n1C. The molecular weight excluding hydrogens is 901 g/mol. The lowest BCUT2D eigenvalue weighted by molar-refractivity contribution is -0.0435. The highest BCUT2D eigenvalue weighted by atomic mass is 35.5. The summed E-state index contributed by atoms with van der Waals surface area (Å²) in [7, 11) is -4.71. The number of piperazine rings is 1. The molecule has 6 aromatic rings. The smallest absolute Gasteiger partial charge is 0.380 e. The van der Waals surface area contributed by atoms with Crippen LogP contribution in [0.5, 0.6) is 0 Å². The van der Waals surface area contributed by atoms with Gasteiger partial charge in [0.25, 0.3) is 19.9 Å². The Labute approximate surface area is 383 Å². The molecule has 0 radical (unpaired) electrons. The number of aryl methyl sites for hydroxylation is 1. The Morgan fingerprint density at radius 2 is 1.42 bits per heavy atom. The van der Waals surface area contributed by atoms with Crippen molar-refractivity contribution >= 4 is 66.0 Å². The summed E-state index contributed by atoms with van der Waals surface area (Å²) in [6.07, 6.45) is 0.473. The van der Waals surface area contributed by atoms with Gasteiger partial charge in [0, 0.05) is 83.3 Å². The minimum atomic E-state index is -5.96. The molecule has 0 amide bonds. The number of thioether (sulfide) groups is 1. The van der Waals surface area contributed by atoms with Gasteiger partial charge in [-0.15, -0.1) is 11.8 Å². The maximum Gasteiger partial charge on any atom is 0.501 e. The Balaban J connectivity index is 1.03. The van der Waals surface area contributed by atoms with Crippen molar-refractivity contribution in [2.75, 3.05) is 72.4 Å². The second-order valence-electron chi connectivity index (χ2n) is 16.0. The molecule has 338 valence electrons. The molecule has 1 aliphatic rings. The van der Waals surface area contributed by atoms with E-state index in [-0.39, 0.29) is 11.4 Å². The van der Waals surface area contributed by atoms with Crippen molar-refractivity contribution in [2.24, 2.45) is 7.05 Å². The van der Waals surface area contributed by atoms with E-state index in [2.05, 4.69) is 68.7 Å². The maximum atomic E-state index is 14.1. The van der Waals surface area contributed by atoms with Crippen LogP contribution in [0.25, 0.3) is 22.4 Å². The minimum absolute atomic E-state index is 0.164. The Kier molecular flexibility index (Phi) is 14.3. The number of nitrogens with one attached hydrogen (secondary N) is 2. The summed E-state index contributed by atoms with van der Waals surface area (Å²) in [4.78, 5) is 5.59. The van der Waals surface area contributed by atoms with Gasteiger partial charge in [-0.2, -0.15) is 13.2 Å². The lowest BCUT2D eigenvalue weighted by Gasteiger charge is -2.37. The molecule has 1 saturated heterocycles. The molecule has 0 spiro atoms. The van der Waals surface area contributed by atoms with Crippen LogP contribution in [0.1, 0.15) is 12.1 Å².